The molecule has 0 spiro atoms. The number of amides is 4. The summed E-state index contributed by atoms with van der Waals surface area (Å²) in [6.07, 6.45) is 0. The Morgan fingerprint density at radius 2 is 0.929 bits per heavy atom. The molecule has 3 aliphatic rings. The van der Waals surface area contributed by atoms with Crippen molar-refractivity contribution in [3.8, 4) is 0 Å². The van der Waals surface area contributed by atoms with Crippen LogP contribution in [0.3, 0.4) is 0 Å². The lowest BCUT2D eigenvalue weighted by Crippen LogP contribution is -2.50. The van der Waals surface area contributed by atoms with E-state index in [4.69, 9.17) is 5.73 Å². The molecular weight excluding hydrogens is 360 g/mol. The van der Waals surface area contributed by atoms with Gasteiger partial charge in [0.05, 0.1) is 35.0 Å². The lowest BCUT2D eigenvalue weighted by atomic mass is 9.59. The molecule has 5 N–H and O–H groups in total. The van der Waals surface area contributed by atoms with Gasteiger partial charge in [0.1, 0.15) is 5.69 Å². The van der Waals surface area contributed by atoms with E-state index in [1.807, 2.05) is 0 Å². The third kappa shape index (κ3) is 1.97. The molecule has 4 unspecified atom stereocenters. The molecule has 2 aromatic rings. The Bertz CT molecular complexity index is 913. The molecule has 2 aromatic carbocycles. The monoisotopic (exact) mass is 377 g/mol. The van der Waals surface area contributed by atoms with Crippen LogP contribution in [0.1, 0.15) is 0 Å². The summed E-state index contributed by atoms with van der Waals surface area (Å²) in [5, 5.41) is 0. The van der Waals surface area contributed by atoms with Gasteiger partial charge in [0.2, 0.25) is 23.6 Å². The lowest BCUT2D eigenvalue weighted by Gasteiger charge is -2.36. The zero-order chi connectivity index (χ0) is 19.7. The zero-order valence-corrected chi connectivity index (χ0v) is 14.7. The van der Waals surface area contributed by atoms with Gasteiger partial charge in [0.15, 0.2) is 0 Å². The minimum Gasteiger partial charge on any atom is -0.399 e. The van der Waals surface area contributed by atoms with Crippen LogP contribution in [0, 0.1) is 23.7 Å². The molecule has 140 valence electrons. The molecule has 2 saturated heterocycles. The summed E-state index contributed by atoms with van der Waals surface area (Å²) in [6.45, 7) is 0. The van der Waals surface area contributed by atoms with Gasteiger partial charge in [-0.15, -0.1) is 0 Å². The molecule has 2 heterocycles. The van der Waals surface area contributed by atoms with Crippen LogP contribution in [0.15, 0.2) is 48.5 Å². The zero-order valence-electron chi connectivity index (χ0n) is 14.7. The van der Waals surface area contributed by atoms with Crippen molar-refractivity contribution in [2.24, 2.45) is 23.7 Å². The van der Waals surface area contributed by atoms with E-state index in [9.17, 15) is 19.2 Å². The molecule has 4 atom stereocenters. The van der Waals surface area contributed by atoms with Crippen molar-refractivity contribution in [1.29, 1.82) is 0 Å². The summed E-state index contributed by atoms with van der Waals surface area (Å²) in [4.78, 5) is 53.9. The van der Waals surface area contributed by atoms with Crippen molar-refractivity contribution in [2.75, 3.05) is 15.5 Å². The summed E-state index contributed by atoms with van der Waals surface area (Å²) in [5.41, 5.74) is 11.6. The summed E-state index contributed by atoms with van der Waals surface area (Å²) < 4.78 is 0. The van der Waals surface area contributed by atoms with E-state index in [0.717, 1.165) is 15.5 Å². The van der Waals surface area contributed by atoms with E-state index in [-0.39, 0.29) is 0 Å². The van der Waals surface area contributed by atoms with Gasteiger partial charge in [0.25, 0.3) is 0 Å². The first-order valence-electron chi connectivity index (χ1n) is 8.93. The summed E-state index contributed by atoms with van der Waals surface area (Å²) >= 11 is 0. The van der Waals surface area contributed by atoms with Crippen molar-refractivity contribution in [2.45, 2.75) is 0 Å². The van der Waals surface area contributed by atoms with Gasteiger partial charge in [0, 0.05) is 17.8 Å². The van der Waals surface area contributed by atoms with Gasteiger partial charge in [-0.1, -0.05) is 0 Å². The molecule has 1 aliphatic carbocycles. The number of nitrogens with zero attached hydrogens (tertiary/aromatic N) is 2. The minimum atomic E-state index is -0.788. The number of imide groups is 2. The van der Waals surface area contributed by atoms with Crippen LogP contribution in [0.5, 0.6) is 0 Å². The number of carbonyl (C=O) groups is 4. The van der Waals surface area contributed by atoms with Crippen LogP contribution in [-0.4, -0.2) is 23.6 Å². The van der Waals surface area contributed by atoms with Crippen molar-refractivity contribution in [1.82, 2.24) is 0 Å². The summed E-state index contributed by atoms with van der Waals surface area (Å²) in [7, 11) is 0. The molecule has 28 heavy (non-hydrogen) atoms. The number of carbonyl (C=O) groups excluding carboxylic acids is 4. The number of fused-ring (bicyclic) bond motifs is 4. The topological polar surface area (TPSA) is 128 Å². The predicted molar refractivity (Wildman–Crippen MR) is 98.8 cm³/mol. The fourth-order valence-electron chi connectivity index (χ4n) is 4.57. The normalized spacial score (nSPS) is 28.5. The molecule has 1 saturated carbocycles. The largest absolute Gasteiger partial charge is 0.399 e. The van der Waals surface area contributed by atoms with E-state index in [1.165, 1.54) is 0 Å². The van der Waals surface area contributed by atoms with Gasteiger partial charge in [-0.25, -0.2) is 0 Å². The molecule has 0 aromatic heterocycles. The van der Waals surface area contributed by atoms with E-state index >= 15 is 0 Å². The number of nitrogen functional groups attached to an aromatic ring is 1. The highest BCUT2D eigenvalue weighted by Crippen LogP contribution is 2.57. The van der Waals surface area contributed by atoms with Gasteiger partial charge in [-0.05, 0) is 36.4 Å². The van der Waals surface area contributed by atoms with Gasteiger partial charge in [-0.2, -0.15) is 0 Å². The van der Waals surface area contributed by atoms with Crippen LogP contribution < -0.4 is 21.3 Å². The first-order chi connectivity index (χ1) is 13.4. The van der Waals surface area contributed by atoms with Crippen LogP contribution >= 0.6 is 0 Å². The fraction of sp³-hybridized carbons (Fsp3) is 0.200. The molecule has 8 heteroatoms. The number of anilines is 3. The molecule has 2 aliphatic heterocycles. The van der Waals surface area contributed by atoms with Gasteiger partial charge >= 0.3 is 0 Å². The number of nitrogens with two attached hydrogens (primary N) is 1. The number of hydrogen-bond donors (Lipinski definition) is 2. The molecule has 3 fully saturated rings. The van der Waals surface area contributed by atoms with Crippen molar-refractivity contribution < 1.29 is 24.9 Å². The number of hydrogen-bond acceptors (Lipinski definition) is 5. The van der Waals surface area contributed by atoms with Gasteiger partial charge < -0.3 is 11.5 Å². The number of benzene rings is 2. The van der Waals surface area contributed by atoms with E-state index in [1.54, 1.807) is 48.5 Å². The Balaban J connectivity index is 1.48. The van der Waals surface area contributed by atoms with E-state index in [0.29, 0.717) is 17.1 Å². The fourth-order valence-corrected chi connectivity index (χ4v) is 4.57. The second-order valence-electron chi connectivity index (χ2n) is 7.38. The summed E-state index contributed by atoms with van der Waals surface area (Å²) in [6, 6.07) is 13.1. The smallest absolute Gasteiger partial charge is 0.238 e. The quantitative estimate of drug-likeness (QED) is 0.565. The molecule has 8 nitrogen and oxygen atoms in total. The first kappa shape index (κ1) is 16.6. The standard InChI is InChI=1S/C20H16N4O4/c21-9-1-5-11(6-2-9)23-17(25)13-14(18(23)26)16-15(13)19(27)24(20(16)28)12-7-3-10(22)4-8-12/h1-8,13-16H,21-22H2/p+1. The molecule has 4 amide bonds. The van der Waals surface area contributed by atoms with E-state index < -0.39 is 47.3 Å². The summed E-state index contributed by atoms with van der Waals surface area (Å²) in [5.74, 6) is -4.86. The maximum atomic E-state index is 12.9. The highest BCUT2D eigenvalue weighted by Gasteiger charge is 2.73. The lowest BCUT2D eigenvalue weighted by molar-refractivity contribution is -0.254. The maximum Gasteiger partial charge on any atom is 0.238 e. The molecule has 0 radical (unpaired) electrons. The van der Waals surface area contributed by atoms with Crippen LogP contribution in [0.2, 0.25) is 0 Å². The Kier molecular flexibility index (Phi) is 3.26. The highest BCUT2D eigenvalue weighted by atomic mass is 16.2. The maximum absolute atomic E-state index is 12.9. The second-order valence-corrected chi connectivity index (χ2v) is 7.38. The van der Waals surface area contributed by atoms with Crippen molar-refractivity contribution in [3.63, 3.8) is 0 Å². The predicted octanol–water partition coefficient (Wildman–Crippen LogP) is 0.0672. The molecule has 0 bridgehead atoms. The van der Waals surface area contributed by atoms with Crippen LogP contribution in [0.4, 0.5) is 22.7 Å². The minimum absolute atomic E-state index is 0.402. The average Bonchev–Trinajstić information content (AvgIpc) is 2.96. The highest BCUT2D eigenvalue weighted by molar-refractivity contribution is 6.32. The second kappa shape index (κ2) is 5.49. The molecule has 5 rings (SSSR count). The SMILES string of the molecule is Nc1ccc(N2C(=O)C3C(C2=O)C2C(=O)N(c4ccc([NH3+])cc4)C(=O)C32)cc1. The van der Waals surface area contributed by atoms with E-state index in [2.05, 4.69) is 5.73 Å². The number of quaternary nitrogens is 1. The van der Waals surface area contributed by atoms with Gasteiger partial charge in [-0.3, -0.25) is 29.0 Å². The van der Waals surface area contributed by atoms with Crippen molar-refractivity contribution >= 4 is 46.4 Å². The van der Waals surface area contributed by atoms with Crippen molar-refractivity contribution in [3.05, 3.63) is 48.5 Å². The Hall–Kier alpha value is -3.52. The Morgan fingerprint density at radius 1 is 0.607 bits per heavy atom. The molecular formula is C20H17N4O4+. The first-order valence-corrected chi connectivity index (χ1v) is 8.93. The van der Waals surface area contributed by atoms with Crippen LogP contribution in [-0.2, 0) is 19.2 Å². The van der Waals surface area contributed by atoms with Crippen LogP contribution in [0.25, 0.3) is 0 Å². The Labute approximate surface area is 159 Å². The Morgan fingerprint density at radius 3 is 1.29 bits per heavy atom. The third-order valence-corrected chi connectivity index (χ3v) is 5.92. The average molecular weight is 377 g/mol. The number of rotatable bonds is 2. The third-order valence-electron chi connectivity index (χ3n) is 5.92.